The Kier molecular flexibility index (Phi) is 8.18. The van der Waals surface area contributed by atoms with E-state index in [0.717, 1.165) is 19.4 Å². The summed E-state index contributed by atoms with van der Waals surface area (Å²) < 4.78 is 12.6. The van der Waals surface area contributed by atoms with Crippen LogP contribution < -0.4 is 0 Å². The third-order valence-electron chi connectivity index (χ3n) is 4.47. The number of aromatic nitrogens is 3. The first kappa shape index (κ1) is 20.5. The standard InChI is InChI=1S/C18H30N4O4/c1-4-5-7-25-9-10-26-8-6-21-12-15(19-20-21)13-22-17(23)11-16(14(2)3)18(22)24/h12,14,16H,4-11,13H2,1-3H3. The van der Waals surface area contributed by atoms with Crippen molar-refractivity contribution in [3.63, 3.8) is 0 Å². The number of hydrogen-bond acceptors (Lipinski definition) is 6. The first-order valence-electron chi connectivity index (χ1n) is 9.41. The van der Waals surface area contributed by atoms with Gasteiger partial charge in [-0.25, -0.2) is 4.68 Å². The van der Waals surface area contributed by atoms with Crippen molar-refractivity contribution in [3.8, 4) is 0 Å². The number of unbranched alkanes of at least 4 members (excludes halogenated alkanes) is 1. The van der Waals surface area contributed by atoms with Crippen LogP contribution in [0.2, 0.25) is 0 Å². The molecule has 0 aliphatic carbocycles. The Bertz CT molecular complexity index is 588. The molecule has 0 aromatic carbocycles. The molecule has 0 spiro atoms. The Labute approximate surface area is 154 Å². The maximum absolute atomic E-state index is 12.3. The molecule has 2 amide bonds. The zero-order valence-electron chi connectivity index (χ0n) is 16.0. The Hall–Kier alpha value is -1.80. The van der Waals surface area contributed by atoms with E-state index in [2.05, 4.69) is 17.2 Å². The molecule has 1 aromatic rings. The largest absolute Gasteiger partial charge is 0.379 e. The highest BCUT2D eigenvalue weighted by Gasteiger charge is 2.40. The number of rotatable bonds is 12. The Morgan fingerprint density at radius 3 is 2.58 bits per heavy atom. The van der Waals surface area contributed by atoms with Crippen molar-refractivity contribution < 1.29 is 19.1 Å². The number of hydrogen-bond donors (Lipinski definition) is 0. The van der Waals surface area contributed by atoms with Crippen LogP contribution in [0.5, 0.6) is 0 Å². The summed E-state index contributed by atoms with van der Waals surface area (Å²) in [5, 5.41) is 8.08. The maximum Gasteiger partial charge on any atom is 0.233 e. The molecule has 1 atom stereocenters. The summed E-state index contributed by atoms with van der Waals surface area (Å²) in [6, 6.07) is 0. The fourth-order valence-corrected chi connectivity index (χ4v) is 2.80. The van der Waals surface area contributed by atoms with Crippen LogP contribution in [0, 0.1) is 11.8 Å². The molecule has 0 radical (unpaired) electrons. The van der Waals surface area contributed by atoms with Crippen molar-refractivity contribution >= 4 is 11.8 Å². The first-order valence-corrected chi connectivity index (χ1v) is 9.41. The molecule has 1 fully saturated rings. The second-order valence-corrected chi connectivity index (χ2v) is 6.92. The predicted octanol–water partition coefficient (Wildman–Crippen LogP) is 1.64. The van der Waals surface area contributed by atoms with Gasteiger partial charge < -0.3 is 9.47 Å². The molecule has 1 unspecified atom stereocenters. The number of likely N-dealkylation sites (tertiary alicyclic amines) is 1. The number of ether oxygens (including phenoxy) is 2. The molecule has 146 valence electrons. The van der Waals surface area contributed by atoms with E-state index in [1.807, 2.05) is 13.8 Å². The summed E-state index contributed by atoms with van der Waals surface area (Å²) in [6.07, 6.45) is 4.24. The molecule has 1 saturated heterocycles. The summed E-state index contributed by atoms with van der Waals surface area (Å²) >= 11 is 0. The van der Waals surface area contributed by atoms with Gasteiger partial charge in [-0.15, -0.1) is 5.10 Å². The lowest BCUT2D eigenvalue weighted by atomic mass is 9.94. The fraction of sp³-hybridized carbons (Fsp3) is 0.778. The van der Waals surface area contributed by atoms with Crippen molar-refractivity contribution in [1.29, 1.82) is 0 Å². The zero-order valence-corrected chi connectivity index (χ0v) is 16.0. The first-order chi connectivity index (χ1) is 12.5. The molecule has 0 bridgehead atoms. The summed E-state index contributed by atoms with van der Waals surface area (Å²) in [5.74, 6) is -0.290. The minimum Gasteiger partial charge on any atom is -0.379 e. The summed E-state index contributed by atoms with van der Waals surface area (Å²) in [7, 11) is 0. The van der Waals surface area contributed by atoms with E-state index >= 15 is 0 Å². The third-order valence-corrected chi connectivity index (χ3v) is 4.47. The smallest absolute Gasteiger partial charge is 0.233 e. The second-order valence-electron chi connectivity index (χ2n) is 6.92. The van der Waals surface area contributed by atoms with Gasteiger partial charge in [-0.2, -0.15) is 0 Å². The summed E-state index contributed by atoms with van der Waals surface area (Å²) in [5.41, 5.74) is 0.610. The molecular formula is C18H30N4O4. The number of carbonyl (C=O) groups excluding carboxylic acids is 2. The van der Waals surface area contributed by atoms with Crippen molar-refractivity contribution in [3.05, 3.63) is 11.9 Å². The van der Waals surface area contributed by atoms with Gasteiger partial charge >= 0.3 is 0 Å². The van der Waals surface area contributed by atoms with E-state index in [9.17, 15) is 9.59 Å². The Balaban J connectivity index is 1.69. The van der Waals surface area contributed by atoms with Crippen molar-refractivity contribution in [2.75, 3.05) is 26.4 Å². The second kappa shape index (κ2) is 10.4. The van der Waals surface area contributed by atoms with Gasteiger partial charge in [-0.1, -0.05) is 32.4 Å². The van der Waals surface area contributed by atoms with Crippen LogP contribution in [0.4, 0.5) is 0 Å². The Morgan fingerprint density at radius 2 is 1.92 bits per heavy atom. The molecule has 1 aliphatic heterocycles. The number of carbonyl (C=O) groups is 2. The molecule has 1 aliphatic rings. The third kappa shape index (κ3) is 5.88. The SMILES string of the molecule is CCCCOCCOCCn1cc(CN2C(=O)CC(C(C)C)C2=O)nn1. The van der Waals surface area contributed by atoms with Gasteiger partial charge in [0, 0.05) is 18.9 Å². The summed E-state index contributed by atoms with van der Waals surface area (Å²) in [6.45, 7) is 9.25. The van der Waals surface area contributed by atoms with Gasteiger partial charge in [0.15, 0.2) is 0 Å². The van der Waals surface area contributed by atoms with E-state index in [-0.39, 0.29) is 30.2 Å². The van der Waals surface area contributed by atoms with Crippen LogP contribution in [0.15, 0.2) is 6.20 Å². The molecule has 8 heteroatoms. The molecule has 1 aromatic heterocycles. The van der Waals surface area contributed by atoms with Crippen molar-refractivity contribution in [2.45, 2.75) is 53.1 Å². The molecule has 0 saturated carbocycles. The molecule has 8 nitrogen and oxygen atoms in total. The lowest BCUT2D eigenvalue weighted by Gasteiger charge is -2.14. The van der Waals surface area contributed by atoms with Gasteiger partial charge in [0.1, 0.15) is 5.69 Å². The van der Waals surface area contributed by atoms with Crippen LogP contribution in [0.25, 0.3) is 0 Å². The monoisotopic (exact) mass is 366 g/mol. The van der Waals surface area contributed by atoms with Gasteiger partial charge in [0.25, 0.3) is 0 Å². The van der Waals surface area contributed by atoms with E-state index < -0.39 is 0 Å². The topological polar surface area (TPSA) is 86.5 Å². The lowest BCUT2D eigenvalue weighted by molar-refractivity contribution is -0.140. The van der Waals surface area contributed by atoms with E-state index in [1.54, 1.807) is 10.9 Å². The van der Waals surface area contributed by atoms with E-state index in [0.29, 0.717) is 38.5 Å². The van der Waals surface area contributed by atoms with Crippen molar-refractivity contribution in [1.82, 2.24) is 19.9 Å². The number of amides is 2. The number of nitrogens with zero attached hydrogens (tertiary/aromatic N) is 4. The number of imide groups is 1. The van der Waals surface area contributed by atoms with Crippen LogP contribution >= 0.6 is 0 Å². The van der Waals surface area contributed by atoms with E-state index in [4.69, 9.17) is 9.47 Å². The summed E-state index contributed by atoms with van der Waals surface area (Å²) in [4.78, 5) is 25.7. The molecular weight excluding hydrogens is 336 g/mol. The average molecular weight is 366 g/mol. The Morgan fingerprint density at radius 1 is 1.19 bits per heavy atom. The zero-order chi connectivity index (χ0) is 18.9. The molecule has 26 heavy (non-hydrogen) atoms. The fourth-order valence-electron chi connectivity index (χ4n) is 2.80. The van der Waals surface area contributed by atoms with Gasteiger partial charge in [0.05, 0.1) is 39.1 Å². The highest BCUT2D eigenvalue weighted by Crippen LogP contribution is 2.27. The van der Waals surface area contributed by atoms with Gasteiger partial charge in [-0.3, -0.25) is 14.5 Å². The van der Waals surface area contributed by atoms with Crippen LogP contribution in [0.3, 0.4) is 0 Å². The van der Waals surface area contributed by atoms with Crippen molar-refractivity contribution in [2.24, 2.45) is 11.8 Å². The maximum atomic E-state index is 12.3. The average Bonchev–Trinajstić information content (AvgIpc) is 3.17. The van der Waals surface area contributed by atoms with Gasteiger partial charge in [0.2, 0.25) is 11.8 Å². The highest BCUT2D eigenvalue weighted by molar-refractivity contribution is 6.03. The van der Waals surface area contributed by atoms with Crippen LogP contribution in [-0.2, 0) is 32.2 Å². The lowest BCUT2D eigenvalue weighted by Crippen LogP contribution is -2.31. The minimum absolute atomic E-state index is 0.106. The van der Waals surface area contributed by atoms with Crippen LogP contribution in [0.1, 0.15) is 45.7 Å². The quantitative estimate of drug-likeness (QED) is 0.413. The normalized spacial score (nSPS) is 17.7. The predicted molar refractivity (Wildman–Crippen MR) is 95.1 cm³/mol. The molecule has 0 N–H and O–H groups in total. The van der Waals surface area contributed by atoms with E-state index in [1.165, 1.54) is 4.90 Å². The van der Waals surface area contributed by atoms with Crippen LogP contribution in [-0.4, -0.2) is 58.1 Å². The molecule has 2 heterocycles. The van der Waals surface area contributed by atoms with Gasteiger partial charge in [-0.05, 0) is 12.3 Å². The highest BCUT2D eigenvalue weighted by atomic mass is 16.5. The minimum atomic E-state index is -0.217. The molecule has 2 rings (SSSR count).